The molecule has 1 rings (SSSR count). The Morgan fingerprint density at radius 3 is 2.61 bits per heavy atom. The molecule has 0 aliphatic rings. The Morgan fingerprint density at radius 2 is 2.00 bits per heavy atom. The first-order valence-corrected chi connectivity index (χ1v) is 6.56. The van der Waals surface area contributed by atoms with Crippen molar-refractivity contribution >= 4 is 30.1 Å². The minimum atomic E-state index is -0.219. The topological polar surface area (TPSA) is 55.1 Å². The fourth-order valence-corrected chi connectivity index (χ4v) is 2.09. The molecule has 0 atom stereocenters. The molecule has 0 saturated heterocycles. The molecule has 0 heterocycles. The van der Waals surface area contributed by atoms with E-state index in [0.29, 0.717) is 19.5 Å². The third kappa shape index (κ3) is 7.53. The standard InChI is InChI=1S/C12H17FN2OS.ClH/c13-10-2-4-11(5-3-10)17-9-1-8-15-12(16)6-7-14;/h2-5H,1,6-9,14H2,(H,15,16);1H. The molecule has 0 aliphatic heterocycles. The van der Waals surface area contributed by atoms with Gasteiger partial charge in [0.2, 0.25) is 5.91 Å². The molecular formula is C12H18ClFN2OS. The van der Waals surface area contributed by atoms with Crippen LogP contribution in [0.1, 0.15) is 12.8 Å². The molecule has 18 heavy (non-hydrogen) atoms. The van der Waals surface area contributed by atoms with E-state index >= 15 is 0 Å². The summed E-state index contributed by atoms with van der Waals surface area (Å²) in [6.45, 7) is 1.04. The van der Waals surface area contributed by atoms with Crippen LogP contribution in [-0.4, -0.2) is 24.7 Å². The van der Waals surface area contributed by atoms with Gasteiger partial charge in [0.15, 0.2) is 0 Å². The maximum atomic E-state index is 12.6. The molecule has 6 heteroatoms. The summed E-state index contributed by atoms with van der Waals surface area (Å²) in [7, 11) is 0. The van der Waals surface area contributed by atoms with Crippen LogP contribution in [0.4, 0.5) is 4.39 Å². The number of amides is 1. The van der Waals surface area contributed by atoms with Gasteiger partial charge in [0.05, 0.1) is 0 Å². The average molecular weight is 293 g/mol. The van der Waals surface area contributed by atoms with E-state index in [1.54, 1.807) is 23.9 Å². The number of rotatable bonds is 7. The number of nitrogens with one attached hydrogen (secondary N) is 1. The maximum Gasteiger partial charge on any atom is 0.221 e. The van der Waals surface area contributed by atoms with E-state index in [4.69, 9.17) is 5.73 Å². The van der Waals surface area contributed by atoms with E-state index in [1.807, 2.05) is 0 Å². The van der Waals surface area contributed by atoms with Crippen LogP contribution < -0.4 is 11.1 Å². The van der Waals surface area contributed by atoms with Crippen molar-refractivity contribution in [2.75, 3.05) is 18.8 Å². The zero-order valence-corrected chi connectivity index (χ0v) is 11.7. The number of halogens is 2. The first kappa shape index (κ1) is 17.2. The predicted octanol–water partition coefficient (Wildman–Crippen LogP) is 2.19. The van der Waals surface area contributed by atoms with Crippen LogP contribution in [0.3, 0.4) is 0 Å². The molecule has 0 unspecified atom stereocenters. The van der Waals surface area contributed by atoms with Crippen LogP contribution in [0.15, 0.2) is 29.2 Å². The van der Waals surface area contributed by atoms with Crippen molar-refractivity contribution in [2.45, 2.75) is 17.7 Å². The summed E-state index contributed by atoms with van der Waals surface area (Å²) in [5.41, 5.74) is 5.25. The molecular weight excluding hydrogens is 275 g/mol. The molecule has 0 radical (unpaired) electrons. The summed E-state index contributed by atoms with van der Waals surface area (Å²) in [5, 5.41) is 2.79. The van der Waals surface area contributed by atoms with Gasteiger partial charge in [-0.15, -0.1) is 24.2 Å². The van der Waals surface area contributed by atoms with Crippen molar-refractivity contribution in [1.29, 1.82) is 0 Å². The number of carbonyl (C=O) groups excluding carboxylic acids is 1. The number of benzene rings is 1. The first-order valence-electron chi connectivity index (χ1n) is 5.57. The highest BCUT2D eigenvalue weighted by Crippen LogP contribution is 2.18. The van der Waals surface area contributed by atoms with E-state index in [0.717, 1.165) is 17.1 Å². The Labute approximate surface area is 117 Å². The molecule has 0 aromatic heterocycles. The van der Waals surface area contributed by atoms with Gasteiger partial charge in [0.1, 0.15) is 5.82 Å². The maximum absolute atomic E-state index is 12.6. The Kier molecular flexibility index (Phi) is 9.73. The molecule has 3 N–H and O–H groups in total. The Balaban J connectivity index is 0.00000289. The van der Waals surface area contributed by atoms with Crippen molar-refractivity contribution in [3.63, 3.8) is 0 Å². The lowest BCUT2D eigenvalue weighted by atomic mass is 10.3. The quantitative estimate of drug-likeness (QED) is 0.598. The summed E-state index contributed by atoms with van der Waals surface area (Å²) in [6, 6.07) is 6.41. The summed E-state index contributed by atoms with van der Waals surface area (Å²) in [5.74, 6) is 0.678. The molecule has 0 aliphatic carbocycles. The van der Waals surface area contributed by atoms with Crippen molar-refractivity contribution in [3.8, 4) is 0 Å². The fraction of sp³-hybridized carbons (Fsp3) is 0.417. The zero-order valence-electron chi connectivity index (χ0n) is 10.0. The van der Waals surface area contributed by atoms with E-state index in [-0.39, 0.29) is 24.1 Å². The molecule has 102 valence electrons. The van der Waals surface area contributed by atoms with Gasteiger partial charge < -0.3 is 11.1 Å². The molecule has 1 aromatic carbocycles. The molecule has 0 spiro atoms. The number of hydrogen-bond acceptors (Lipinski definition) is 3. The first-order chi connectivity index (χ1) is 8.22. The van der Waals surface area contributed by atoms with Crippen LogP contribution in [-0.2, 0) is 4.79 Å². The SMILES string of the molecule is Cl.NCCC(=O)NCCCSc1ccc(F)cc1. The van der Waals surface area contributed by atoms with Crippen LogP contribution in [0.5, 0.6) is 0 Å². The summed E-state index contributed by atoms with van der Waals surface area (Å²) in [6.07, 6.45) is 1.27. The Morgan fingerprint density at radius 1 is 1.33 bits per heavy atom. The Hall–Kier alpha value is -0.780. The van der Waals surface area contributed by atoms with Gasteiger partial charge in [-0.1, -0.05) is 0 Å². The van der Waals surface area contributed by atoms with Crippen molar-refractivity contribution in [2.24, 2.45) is 5.73 Å². The monoisotopic (exact) mass is 292 g/mol. The minimum Gasteiger partial charge on any atom is -0.356 e. The Bertz CT molecular complexity index is 348. The third-order valence-corrected chi connectivity index (χ3v) is 3.20. The predicted molar refractivity (Wildman–Crippen MR) is 75.7 cm³/mol. The van der Waals surface area contributed by atoms with Crippen LogP contribution >= 0.6 is 24.2 Å². The highest BCUT2D eigenvalue weighted by Gasteiger charge is 1.98. The van der Waals surface area contributed by atoms with Gasteiger partial charge in [-0.05, 0) is 36.4 Å². The molecule has 1 amide bonds. The van der Waals surface area contributed by atoms with Crippen LogP contribution in [0.2, 0.25) is 0 Å². The second-order valence-electron chi connectivity index (χ2n) is 3.54. The normalized spacial score (nSPS) is 9.67. The van der Waals surface area contributed by atoms with Crippen molar-refractivity contribution in [3.05, 3.63) is 30.1 Å². The second kappa shape index (κ2) is 10.2. The highest BCUT2D eigenvalue weighted by atomic mass is 35.5. The second-order valence-corrected chi connectivity index (χ2v) is 4.71. The zero-order chi connectivity index (χ0) is 12.5. The molecule has 0 saturated carbocycles. The molecule has 0 fully saturated rings. The average Bonchev–Trinajstić information content (AvgIpc) is 2.31. The summed E-state index contributed by atoms with van der Waals surface area (Å²) in [4.78, 5) is 12.1. The molecule has 0 bridgehead atoms. The lowest BCUT2D eigenvalue weighted by molar-refractivity contribution is -0.120. The number of thioether (sulfide) groups is 1. The lowest BCUT2D eigenvalue weighted by Gasteiger charge is -2.04. The third-order valence-electron chi connectivity index (χ3n) is 2.10. The summed E-state index contributed by atoms with van der Waals surface area (Å²) >= 11 is 1.65. The number of carbonyl (C=O) groups is 1. The van der Waals surface area contributed by atoms with Crippen LogP contribution in [0, 0.1) is 5.82 Å². The molecule has 3 nitrogen and oxygen atoms in total. The fourth-order valence-electron chi connectivity index (χ4n) is 1.24. The minimum absolute atomic E-state index is 0. The van der Waals surface area contributed by atoms with Crippen molar-refractivity contribution < 1.29 is 9.18 Å². The highest BCUT2D eigenvalue weighted by molar-refractivity contribution is 7.99. The number of hydrogen-bond donors (Lipinski definition) is 2. The van der Waals surface area contributed by atoms with Crippen LogP contribution in [0.25, 0.3) is 0 Å². The van der Waals surface area contributed by atoms with Crippen molar-refractivity contribution in [1.82, 2.24) is 5.32 Å². The van der Waals surface area contributed by atoms with Gasteiger partial charge in [0, 0.05) is 24.4 Å². The van der Waals surface area contributed by atoms with Gasteiger partial charge in [-0.2, -0.15) is 0 Å². The smallest absolute Gasteiger partial charge is 0.221 e. The van der Waals surface area contributed by atoms with Gasteiger partial charge in [-0.25, -0.2) is 4.39 Å². The lowest BCUT2D eigenvalue weighted by Crippen LogP contribution is -2.26. The summed E-state index contributed by atoms with van der Waals surface area (Å²) < 4.78 is 12.6. The van der Waals surface area contributed by atoms with Gasteiger partial charge in [-0.3, -0.25) is 4.79 Å². The van der Waals surface area contributed by atoms with Gasteiger partial charge in [0.25, 0.3) is 0 Å². The van der Waals surface area contributed by atoms with E-state index in [9.17, 15) is 9.18 Å². The van der Waals surface area contributed by atoms with E-state index in [2.05, 4.69) is 5.32 Å². The molecule has 1 aromatic rings. The number of nitrogens with two attached hydrogens (primary N) is 1. The van der Waals surface area contributed by atoms with E-state index in [1.165, 1.54) is 12.1 Å². The largest absolute Gasteiger partial charge is 0.356 e. The van der Waals surface area contributed by atoms with Gasteiger partial charge >= 0.3 is 0 Å². The van der Waals surface area contributed by atoms with E-state index < -0.39 is 0 Å².